The van der Waals surface area contributed by atoms with Gasteiger partial charge in [-0.05, 0) is 27.9 Å². The lowest BCUT2D eigenvalue weighted by atomic mass is 10.1. The Hall–Kier alpha value is -0.410. The molecular formula is C12H17BrClFN2O3S. The summed E-state index contributed by atoms with van der Waals surface area (Å²) in [6.45, 7) is 3.81. The lowest BCUT2D eigenvalue weighted by Crippen LogP contribution is -2.41. The van der Waals surface area contributed by atoms with E-state index in [4.69, 9.17) is 22.1 Å². The van der Waals surface area contributed by atoms with Gasteiger partial charge in [-0.1, -0.05) is 25.4 Å². The first-order chi connectivity index (χ1) is 9.61. The molecule has 0 fully saturated rings. The highest BCUT2D eigenvalue weighted by molar-refractivity contribution is 9.10. The molecule has 0 amide bonds. The molecule has 1 rings (SSSR count). The second kappa shape index (κ2) is 7.23. The SMILES string of the molecule is COCC(NS(=O)(=O)c1cc(Cl)c(Br)c(N)c1F)C(C)C. The Balaban J connectivity index is 3.26. The number of anilines is 1. The topological polar surface area (TPSA) is 81.4 Å². The number of benzene rings is 1. The predicted octanol–water partition coefficient (Wildman–Crippen LogP) is 2.77. The summed E-state index contributed by atoms with van der Waals surface area (Å²) in [5.41, 5.74) is 5.16. The first kappa shape index (κ1) is 18.6. The van der Waals surface area contributed by atoms with E-state index < -0.39 is 26.8 Å². The molecule has 0 aliphatic carbocycles. The number of nitrogens with one attached hydrogen (secondary N) is 1. The number of halogens is 3. The molecule has 9 heteroatoms. The van der Waals surface area contributed by atoms with Gasteiger partial charge in [-0.15, -0.1) is 0 Å². The number of rotatable bonds is 6. The zero-order valence-corrected chi connectivity index (χ0v) is 14.9. The fraction of sp³-hybridized carbons (Fsp3) is 0.500. The van der Waals surface area contributed by atoms with E-state index >= 15 is 0 Å². The maximum atomic E-state index is 14.1. The van der Waals surface area contributed by atoms with E-state index in [-0.39, 0.29) is 27.7 Å². The van der Waals surface area contributed by atoms with Crippen LogP contribution < -0.4 is 10.5 Å². The maximum Gasteiger partial charge on any atom is 0.243 e. The van der Waals surface area contributed by atoms with Crippen molar-refractivity contribution in [3.8, 4) is 0 Å². The van der Waals surface area contributed by atoms with Gasteiger partial charge >= 0.3 is 0 Å². The molecule has 0 aliphatic heterocycles. The third-order valence-electron chi connectivity index (χ3n) is 2.90. The van der Waals surface area contributed by atoms with Gasteiger partial charge in [-0.25, -0.2) is 17.5 Å². The van der Waals surface area contributed by atoms with Crippen molar-refractivity contribution >= 4 is 43.2 Å². The van der Waals surface area contributed by atoms with Crippen LogP contribution in [0.25, 0.3) is 0 Å². The van der Waals surface area contributed by atoms with Gasteiger partial charge < -0.3 is 10.5 Å². The van der Waals surface area contributed by atoms with Gasteiger partial charge in [-0.3, -0.25) is 0 Å². The number of hydrogen-bond acceptors (Lipinski definition) is 4. The number of hydrogen-bond donors (Lipinski definition) is 2. The molecule has 1 aromatic carbocycles. The minimum Gasteiger partial charge on any atom is -0.395 e. The van der Waals surface area contributed by atoms with E-state index in [1.165, 1.54) is 7.11 Å². The molecule has 1 unspecified atom stereocenters. The number of methoxy groups -OCH3 is 1. The minimum absolute atomic E-state index is 0.0158. The zero-order valence-electron chi connectivity index (χ0n) is 11.8. The van der Waals surface area contributed by atoms with E-state index in [0.29, 0.717) is 0 Å². The molecule has 0 saturated carbocycles. The molecule has 0 radical (unpaired) electrons. The molecule has 1 atom stereocenters. The molecule has 0 bridgehead atoms. The Morgan fingerprint density at radius 1 is 1.52 bits per heavy atom. The molecule has 5 nitrogen and oxygen atoms in total. The van der Waals surface area contributed by atoms with Gasteiger partial charge in [0.15, 0.2) is 5.82 Å². The smallest absolute Gasteiger partial charge is 0.243 e. The van der Waals surface area contributed by atoms with Crippen LogP contribution in [0.4, 0.5) is 10.1 Å². The van der Waals surface area contributed by atoms with Crippen molar-refractivity contribution in [2.75, 3.05) is 19.5 Å². The van der Waals surface area contributed by atoms with Crippen molar-refractivity contribution in [2.24, 2.45) is 5.92 Å². The molecule has 0 aliphatic rings. The highest BCUT2D eigenvalue weighted by Crippen LogP contribution is 2.34. The molecule has 3 N–H and O–H groups in total. The Morgan fingerprint density at radius 3 is 2.57 bits per heavy atom. The van der Waals surface area contributed by atoms with E-state index in [0.717, 1.165) is 6.07 Å². The number of sulfonamides is 1. The van der Waals surface area contributed by atoms with Crippen molar-refractivity contribution in [2.45, 2.75) is 24.8 Å². The van der Waals surface area contributed by atoms with Gasteiger partial charge in [0, 0.05) is 13.2 Å². The number of nitrogens with two attached hydrogens (primary N) is 1. The molecule has 21 heavy (non-hydrogen) atoms. The number of nitrogen functional groups attached to an aromatic ring is 1. The third-order valence-corrected chi connectivity index (χ3v) is 5.77. The summed E-state index contributed by atoms with van der Waals surface area (Å²) in [7, 11) is -2.65. The normalized spacial score (nSPS) is 13.7. The first-order valence-corrected chi connectivity index (χ1v) is 8.71. The van der Waals surface area contributed by atoms with Gasteiger partial charge in [0.05, 0.1) is 21.8 Å². The summed E-state index contributed by atoms with van der Waals surface area (Å²) in [4.78, 5) is -0.588. The van der Waals surface area contributed by atoms with Crippen LogP contribution in [-0.2, 0) is 14.8 Å². The minimum atomic E-state index is -4.11. The first-order valence-electron chi connectivity index (χ1n) is 6.06. The zero-order chi connectivity index (χ0) is 16.4. The van der Waals surface area contributed by atoms with E-state index in [9.17, 15) is 12.8 Å². The Kier molecular flexibility index (Phi) is 6.42. The van der Waals surface area contributed by atoms with Crippen molar-refractivity contribution in [1.29, 1.82) is 0 Å². The third kappa shape index (κ3) is 4.29. The van der Waals surface area contributed by atoms with Crippen molar-refractivity contribution < 1.29 is 17.5 Å². The predicted molar refractivity (Wildman–Crippen MR) is 84.3 cm³/mol. The summed E-state index contributed by atoms with van der Waals surface area (Å²) in [5.74, 6) is -1.08. The van der Waals surface area contributed by atoms with Crippen molar-refractivity contribution in [3.63, 3.8) is 0 Å². The molecule has 120 valence electrons. The largest absolute Gasteiger partial charge is 0.395 e. The lowest BCUT2D eigenvalue weighted by Gasteiger charge is -2.22. The molecule has 0 spiro atoms. The fourth-order valence-corrected chi connectivity index (χ4v) is 3.65. The van der Waals surface area contributed by atoms with Crippen LogP contribution in [-0.4, -0.2) is 28.2 Å². The van der Waals surface area contributed by atoms with Crippen molar-refractivity contribution in [3.05, 3.63) is 21.4 Å². The lowest BCUT2D eigenvalue weighted by molar-refractivity contribution is 0.157. The highest BCUT2D eigenvalue weighted by Gasteiger charge is 2.27. The Morgan fingerprint density at radius 2 is 2.10 bits per heavy atom. The van der Waals surface area contributed by atoms with E-state index in [1.54, 1.807) is 0 Å². The molecule has 0 aromatic heterocycles. The van der Waals surface area contributed by atoms with Crippen LogP contribution in [0, 0.1) is 11.7 Å². The van der Waals surface area contributed by atoms with Gasteiger partial charge in [0.25, 0.3) is 0 Å². The summed E-state index contributed by atoms with van der Waals surface area (Å²) in [5, 5.41) is 0.0158. The van der Waals surface area contributed by atoms with Crippen LogP contribution in [0.3, 0.4) is 0 Å². The Labute approximate surface area is 137 Å². The van der Waals surface area contributed by atoms with Crippen LogP contribution in [0.2, 0.25) is 5.02 Å². The second-order valence-electron chi connectivity index (χ2n) is 4.83. The average molecular weight is 404 g/mol. The fourth-order valence-electron chi connectivity index (χ4n) is 1.60. The Bertz CT molecular complexity index is 625. The van der Waals surface area contributed by atoms with Gasteiger partial charge in [0.2, 0.25) is 10.0 Å². The second-order valence-corrected chi connectivity index (χ2v) is 7.71. The van der Waals surface area contributed by atoms with E-state index in [1.807, 2.05) is 13.8 Å². The quantitative estimate of drug-likeness (QED) is 0.565. The summed E-state index contributed by atoms with van der Waals surface area (Å²) in [6.07, 6.45) is 0. The monoisotopic (exact) mass is 402 g/mol. The van der Waals surface area contributed by atoms with E-state index in [2.05, 4.69) is 20.7 Å². The van der Waals surface area contributed by atoms with Gasteiger partial charge in [0.1, 0.15) is 4.90 Å². The number of ether oxygens (including phenoxy) is 1. The molecular weight excluding hydrogens is 387 g/mol. The standard InChI is InChI=1S/C12H17BrClFN2O3S/c1-6(2)8(5-20-3)17-21(18,19)9-4-7(14)10(13)12(16)11(9)15/h4,6,8,17H,5,16H2,1-3H3. The molecule has 1 aromatic rings. The molecule has 0 saturated heterocycles. The summed E-state index contributed by atoms with van der Waals surface area (Å²) in [6, 6.07) is 0.521. The highest BCUT2D eigenvalue weighted by atomic mass is 79.9. The van der Waals surface area contributed by atoms with Crippen LogP contribution >= 0.6 is 27.5 Å². The summed E-state index contributed by atoms with van der Waals surface area (Å²) >= 11 is 8.84. The molecule has 0 heterocycles. The average Bonchev–Trinajstić information content (AvgIpc) is 2.39. The maximum absolute atomic E-state index is 14.1. The summed E-state index contributed by atoms with van der Waals surface area (Å²) < 4.78 is 46.2. The van der Waals surface area contributed by atoms with Crippen LogP contribution in [0.15, 0.2) is 15.4 Å². The van der Waals surface area contributed by atoms with Gasteiger partial charge in [-0.2, -0.15) is 0 Å². The van der Waals surface area contributed by atoms with Crippen LogP contribution in [0.1, 0.15) is 13.8 Å². The van der Waals surface area contributed by atoms with Crippen molar-refractivity contribution in [1.82, 2.24) is 4.72 Å². The van der Waals surface area contributed by atoms with Crippen LogP contribution in [0.5, 0.6) is 0 Å².